The SMILES string of the molecule is CCc1cc(=O)n(CC(F)(F)F)c(=O)[nH]1. The molecule has 1 heterocycles. The van der Waals surface area contributed by atoms with E-state index in [2.05, 4.69) is 4.98 Å². The molecule has 0 amide bonds. The summed E-state index contributed by atoms with van der Waals surface area (Å²) in [6, 6.07) is 0.993. The maximum Gasteiger partial charge on any atom is 0.406 e. The van der Waals surface area contributed by atoms with Gasteiger partial charge in [-0.05, 0) is 6.42 Å². The Morgan fingerprint density at radius 1 is 1.40 bits per heavy atom. The molecule has 0 bridgehead atoms. The molecule has 4 nitrogen and oxygen atoms in total. The first-order valence-electron chi connectivity index (χ1n) is 4.23. The van der Waals surface area contributed by atoms with Gasteiger partial charge in [-0.3, -0.25) is 9.36 Å². The van der Waals surface area contributed by atoms with Gasteiger partial charge in [0.25, 0.3) is 5.56 Å². The van der Waals surface area contributed by atoms with Crippen LogP contribution in [0.3, 0.4) is 0 Å². The topological polar surface area (TPSA) is 54.9 Å². The van der Waals surface area contributed by atoms with Crippen LogP contribution in [0.15, 0.2) is 15.7 Å². The highest BCUT2D eigenvalue weighted by Gasteiger charge is 2.29. The number of aromatic amines is 1. The summed E-state index contributed by atoms with van der Waals surface area (Å²) >= 11 is 0. The summed E-state index contributed by atoms with van der Waals surface area (Å²) in [6.45, 7) is 0.115. The zero-order chi connectivity index (χ0) is 11.6. The van der Waals surface area contributed by atoms with Gasteiger partial charge < -0.3 is 4.98 Å². The van der Waals surface area contributed by atoms with Gasteiger partial charge in [-0.1, -0.05) is 6.92 Å². The van der Waals surface area contributed by atoms with Crippen LogP contribution >= 0.6 is 0 Å². The number of aromatic nitrogens is 2. The number of aryl methyl sites for hydroxylation is 1. The van der Waals surface area contributed by atoms with Gasteiger partial charge in [0, 0.05) is 11.8 Å². The molecule has 0 spiro atoms. The van der Waals surface area contributed by atoms with Crippen molar-refractivity contribution >= 4 is 0 Å². The number of hydrogen-bond acceptors (Lipinski definition) is 2. The second-order valence-electron chi connectivity index (χ2n) is 2.99. The standard InChI is InChI=1S/C8H9F3N2O2/c1-2-5-3-6(14)13(7(15)12-5)4-8(9,10)11/h3H,2,4H2,1H3,(H,12,15). The number of halogens is 3. The van der Waals surface area contributed by atoms with Crippen LogP contribution in [0.5, 0.6) is 0 Å². The maximum absolute atomic E-state index is 12.0. The maximum atomic E-state index is 12.0. The molecule has 0 unspecified atom stereocenters. The Bertz CT molecular complexity index is 427. The fourth-order valence-corrected chi connectivity index (χ4v) is 1.09. The number of H-pyrrole nitrogens is 1. The van der Waals surface area contributed by atoms with Gasteiger partial charge in [-0.15, -0.1) is 0 Å². The smallest absolute Gasteiger partial charge is 0.311 e. The highest BCUT2D eigenvalue weighted by atomic mass is 19.4. The van der Waals surface area contributed by atoms with Crippen molar-refractivity contribution in [2.24, 2.45) is 0 Å². The van der Waals surface area contributed by atoms with Crippen LogP contribution in [0.2, 0.25) is 0 Å². The van der Waals surface area contributed by atoms with E-state index in [0.717, 1.165) is 6.07 Å². The van der Waals surface area contributed by atoms with E-state index >= 15 is 0 Å². The van der Waals surface area contributed by atoms with E-state index in [1.54, 1.807) is 6.92 Å². The third kappa shape index (κ3) is 2.97. The Morgan fingerprint density at radius 2 is 2.00 bits per heavy atom. The van der Waals surface area contributed by atoms with Crippen LogP contribution in [0.25, 0.3) is 0 Å². The summed E-state index contributed by atoms with van der Waals surface area (Å²) in [5.41, 5.74) is -1.65. The normalized spacial score (nSPS) is 11.7. The predicted molar refractivity (Wildman–Crippen MR) is 46.8 cm³/mol. The molecule has 15 heavy (non-hydrogen) atoms. The second-order valence-corrected chi connectivity index (χ2v) is 2.99. The van der Waals surface area contributed by atoms with Crippen molar-refractivity contribution in [2.75, 3.05) is 0 Å². The van der Waals surface area contributed by atoms with E-state index in [1.807, 2.05) is 0 Å². The number of nitrogens with one attached hydrogen (secondary N) is 1. The number of alkyl halides is 3. The van der Waals surface area contributed by atoms with Crippen LogP contribution < -0.4 is 11.2 Å². The summed E-state index contributed by atoms with van der Waals surface area (Å²) in [5, 5.41) is 0. The van der Waals surface area contributed by atoms with Crippen molar-refractivity contribution in [3.63, 3.8) is 0 Å². The first-order chi connectivity index (χ1) is 6.83. The molecular weight excluding hydrogens is 213 g/mol. The highest BCUT2D eigenvalue weighted by molar-refractivity contribution is 4.99. The van der Waals surface area contributed by atoms with E-state index in [4.69, 9.17) is 0 Å². The molecule has 0 aliphatic heterocycles. The third-order valence-corrected chi connectivity index (χ3v) is 1.79. The van der Waals surface area contributed by atoms with Gasteiger partial charge in [0.15, 0.2) is 0 Å². The van der Waals surface area contributed by atoms with Crippen LogP contribution in [-0.4, -0.2) is 15.7 Å². The summed E-state index contributed by atoms with van der Waals surface area (Å²) in [5.74, 6) is 0. The Balaban J connectivity index is 3.21. The van der Waals surface area contributed by atoms with Crippen molar-refractivity contribution in [1.82, 2.24) is 9.55 Å². The Morgan fingerprint density at radius 3 is 2.40 bits per heavy atom. The average molecular weight is 222 g/mol. The van der Waals surface area contributed by atoms with Crippen molar-refractivity contribution in [2.45, 2.75) is 26.1 Å². The largest absolute Gasteiger partial charge is 0.406 e. The molecule has 84 valence electrons. The molecular formula is C8H9F3N2O2. The molecule has 1 aromatic heterocycles. The molecule has 0 saturated heterocycles. The van der Waals surface area contributed by atoms with Crippen molar-refractivity contribution in [3.05, 3.63) is 32.6 Å². The predicted octanol–water partition coefficient (Wildman–Crippen LogP) is 0.661. The summed E-state index contributed by atoms with van der Waals surface area (Å²) in [7, 11) is 0. The Kier molecular flexibility index (Phi) is 3.01. The number of hydrogen-bond donors (Lipinski definition) is 1. The van der Waals surface area contributed by atoms with E-state index in [1.165, 1.54) is 0 Å². The molecule has 7 heteroatoms. The lowest BCUT2D eigenvalue weighted by molar-refractivity contribution is -0.141. The van der Waals surface area contributed by atoms with Crippen LogP contribution in [-0.2, 0) is 13.0 Å². The van der Waals surface area contributed by atoms with Gasteiger partial charge in [0.2, 0.25) is 0 Å². The molecule has 0 radical (unpaired) electrons. The van der Waals surface area contributed by atoms with E-state index in [-0.39, 0.29) is 4.57 Å². The van der Waals surface area contributed by atoms with Crippen molar-refractivity contribution in [1.29, 1.82) is 0 Å². The zero-order valence-electron chi connectivity index (χ0n) is 7.89. The van der Waals surface area contributed by atoms with Crippen LogP contribution in [0.1, 0.15) is 12.6 Å². The van der Waals surface area contributed by atoms with Crippen molar-refractivity contribution in [3.8, 4) is 0 Å². The molecule has 1 rings (SSSR count). The number of nitrogens with zero attached hydrogens (tertiary/aromatic N) is 1. The Hall–Kier alpha value is -1.53. The van der Waals surface area contributed by atoms with Gasteiger partial charge in [-0.25, -0.2) is 4.79 Å². The first-order valence-corrected chi connectivity index (χ1v) is 4.23. The van der Waals surface area contributed by atoms with Gasteiger partial charge >= 0.3 is 11.9 Å². The van der Waals surface area contributed by atoms with E-state index in [0.29, 0.717) is 12.1 Å². The molecule has 0 aromatic carbocycles. The monoisotopic (exact) mass is 222 g/mol. The number of rotatable bonds is 2. The summed E-state index contributed by atoms with van der Waals surface area (Å²) in [4.78, 5) is 24.4. The molecule has 1 N–H and O–H groups in total. The minimum absolute atomic E-state index is 0.124. The fraction of sp³-hybridized carbons (Fsp3) is 0.500. The van der Waals surface area contributed by atoms with E-state index in [9.17, 15) is 22.8 Å². The molecule has 0 saturated carbocycles. The lowest BCUT2D eigenvalue weighted by Crippen LogP contribution is -2.39. The van der Waals surface area contributed by atoms with Crippen molar-refractivity contribution < 1.29 is 13.2 Å². The first kappa shape index (κ1) is 11.5. The Labute approximate surface area is 82.4 Å². The van der Waals surface area contributed by atoms with E-state index < -0.39 is 24.0 Å². The second kappa shape index (κ2) is 3.92. The highest BCUT2D eigenvalue weighted by Crippen LogP contribution is 2.15. The van der Waals surface area contributed by atoms with Crippen LogP contribution in [0.4, 0.5) is 13.2 Å². The molecule has 1 aromatic rings. The summed E-state index contributed by atoms with van der Waals surface area (Å²) in [6.07, 6.45) is -4.19. The minimum atomic E-state index is -4.58. The average Bonchev–Trinajstić information content (AvgIpc) is 2.09. The van der Waals surface area contributed by atoms with Gasteiger partial charge in [0.1, 0.15) is 6.54 Å². The van der Waals surface area contributed by atoms with Gasteiger partial charge in [0.05, 0.1) is 0 Å². The lowest BCUT2D eigenvalue weighted by Gasteiger charge is -2.08. The molecule has 0 aliphatic rings. The third-order valence-electron chi connectivity index (χ3n) is 1.79. The molecule has 0 aliphatic carbocycles. The fourth-order valence-electron chi connectivity index (χ4n) is 1.09. The molecule has 0 fully saturated rings. The summed E-state index contributed by atoms with van der Waals surface area (Å²) < 4.78 is 36.0. The molecule has 0 atom stereocenters. The quantitative estimate of drug-likeness (QED) is 0.799. The minimum Gasteiger partial charge on any atom is -0.311 e. The van der Waals surface area contributed by atoms with Gasteiger partial charge in [-0.2, -0.15) is 13.2 Å². The lowest BCUT2D eigenvalue weighted by atomic mass is 10.3. The zero-order valence-corrected chi connectivity index (χ0v) is 7.89. The van der Waals surface area contributed by atoms with Crippen LogP contribution in [0, 0.1) is 0 Å².